The van der Waals surface area contributed by atoms with E-state index >= 15 is 0 Å². The summed E-state index contributed by atoms with van der Waals surface area (Å²) in [6.45, 7) is 2.92. The first-order valence-corrected chi connectivity index (χ1v) is 10.2. The van der Waals surface area contributed by atoms with Gasteiger partial charge in [-0.15, -0.1) is 18.3 Å². The monoisotopic (exact) mass is 475 g/mol. The van der Waals surface area contributed by atoms with Crippen molar-refractivity contribution in [2.45, 2.75) is 26.3 Å². The SMILES string of the molecule is Cc1nc(-c2nc(-c3ccc(OC(F)(F)F)cc3)no2)nn1Cc1ccnc(NCCCO)c1. The van der Waals surface area contributed by atoms with E-state index in [1.807, 2.05) is 12.1 Å². The molecule has 0 aliphatic heterocycles. The van der Waals surface area contributed by atoms with Gasteiger partial charge >= 0.3 is 6.36 Å². The van der Waals surface area contributed by atoms with Crippen LogP contribution in [0.1, 0.15) is 17.8 Å². The second-order valence-corrected chi connectivity index (χ2v) is 7.19. The third-order valence-electron chi connectivity index (χ3n) is 4.62. The lowest BCUT2D eigenvalue weighted by Crippen LogP contribution is -2.16. The van der Waals surface area contributed by atoms with Gasteiger partial charge in [0, 0.05) is 24.9 Å². The predicted molar refractivity (Wildman–Crippen MR) is 114 cm³/mol. The van der Waals surface area contributed by atoms with Crippen LogP contribution >= 0.6 is 0 Å². The van der Waals surface area contributed by atoms with E-state index < -0.39 is 6.36 Å². The van der Waals surface area contributed by atoms with Crippen LogP contribution in [0.25, 0.3) is 23.1 Å². The van der Waals surface area contributed by atoms with E-state index in [0.29, 0.717) is 36.7 Å². The molecule has 178 valence electrons. The summed E-state index contributed by atoms with van der Waals surface area (Å²) < 4.78 is 47.7. The number of anilines is 1. The molecular formula is C21H20F3N7O3. The Kier molecular flexibility index (Phi) is 6.72. The van der Waals surface area contributed by atoms with Crippen molar-refractivity contribution in [3.63, 3.8) is 0 Å². The second-order valence-electron chi connectivity index (χ2n) is 7.19. The van der Waals surface area contributed by atoms with Gasteiger partial charge in [0.15, 0.2) is 0 Å². The van der Waals surface area contributed by atoms with Gasteiger partial charge in [-0.05, 0) is 55.3 Å². The van der Waals surface area contributed by atoms with Crippen LogP contribution in [0.15, 0.2) is 47.1 Å². The summed E-state index contributed by atoms with van der Waals surface area (Å²) in [6, 6.07) is 8.85. The van der Waals surface area contributed by atoms with Gasteiger partial charge in [-0.2, -0.15) is 4.98 Å². The Bertz CT molecular complexity index is 1240. The maximum atomic E-state index is 12.3. The number of alkyl halides is 3. The fourth-order valence-electron chi connectivity index (χ4n) is 3.04. The molecule has 1 aromatic carbocycles. The van der Waals surface area contributed by atoms with Crippen molar-refractivity contribution in [2.24, 2.45) is 0 Å². The molecule has 3 heterocycles. The summed E-state index contributed by atoms with van der Waals surface area (Å²) in [6.07, 6.45) is -2.47. The Morgan fingerprint density at radius 1 is 1.12 bits per heavy atom. The minimum Gasteiger partial charge on any atom is -0.406 e. The zero-order chi connectivity index (χ0) is 24.1. The highest BCUT2D eigenvalue weighted by Crippen LogP contribution is 2.26. The molecule has 0 fully saturated rings. The quantitative estimate of drug-likeness (QED) is 0.350. The van der Waals surface area contributed by atoms with Crippen molar-refractivity contribution in [1.29, 1.82) is 0 Å². The highest BCUT2D eigenvalue weighted by Gasteiger charge is 2.31. The summed E-state index contributed by atoms with van der Waals surface area (Å²) in [5, 5.41) is 20.3. The Balaban J connectivity index is 1.46. The van der Waals surface area contributed by atoms with Gasteiger partial charge in [0.25, 0.3) is 5.89 Å². The number of benzene rings is 1. The van der Waals surface area contributed by atoms with Gasteiger partial charge in [0.05, 0.1) is 6.54 Å². The number of aliphatic hydroxyl groups is 1. The van der Waals surface area contributed by atoms with Gasteiger partial charge in [-0.25, -0.2) is 14.6 Å². The molecule has 4 aromatic rings. The lowest BCUT2D eigenvalue weighted by molar-refractivity contribution is -0.274. The molecule has 0 bridgehead atoms. The molecule has 34 heavy (non-hydrogen) atoms. The average Bonchev–Trinajstić information content (AvgIpc) is 3.41. The minimum absolute atomic E-state index is 0.0774. The number of pyridine rings is 1. The Morgan fingerprint density at radius 3 is 2.65 bits per heavy atom. The van der Waals surface area contributed by atoms with Gasteiger partial charge in [-0.1, -0.05) is 5.16 Å². The minimum atomic E-state index is -4.77. The molecule has 10 nitrogen and oxygen atoms in total. The summed E-state index contributed by atoms with van der Waals surface area (Å²) in [5.41, 5.74) is 1.38. The summed E-state index contributed by atoms with van der Waals surface area (Å²) >= 11 is 0. The van der Waals surface area contributed by atoms with Crippen molar-refractivity contribution >= 4 is 5.82 Å². The molecule has 0 radical (unpaired) electrons. The molecule has 3 aromatic heterocycles. The van der Waals surface area contributed by atoms with Crippen LogP contribution in [0.5, 0.6) is 5.75 Å². The molecule has 2 N–H and O–H groups in total. The van der Waals surface area contributed by atoms with E-state index in [2.05, 4.69) is 35.3 Å². The van der Waals surface area contributed by atoms with Crippen molar-refractivity contribution < 1.29 is 27.5 Å². The van der Waals surface area contributed by atoms with Crippen LogP contribution in [0.3, 0.4) is 0 Å². The Hall–Kier alpha value is -4.00. The smallest absolute Gasteiger partial charge is 0.406 e. The number of aryl methyl sites for hydroxylation is 1. The molecule has 0 unspecified atom stereocenters. The largest absolute Gasteiger partial charge is 0.573 e. The number of hydrogen-bond acceptors (Lipinski definition) is 9. The van der Waals surface area contributed by atoms with E-state index in [1.54, 1.807) is 17.8 Å². The van der Waals surface area contributed by atoms with E-state index in [4.69, 9.17) is 9.63 Å². The maximum Gasteiger partial charge on any atom is 0.573 e. The standard InChI is InChI=1S/C21H20F3N7O3/c1-13-27-19(29-31(13)12-14-7-9-26-17(11-14)25-8-2-10-32)20-28-18(30-34-20)15-3-5-16(6-4-15)33-21(22,23)24/h3-7,9,11,32H,2,8,10,12H2,1H3,(H,25,26). The zero-order valence-corrected chi connectivity index (χ0v) is 18.0. The van der Waals surface area contributed by atoms with Gasteiger partial charge in [0.1, 0.15) is 17.4 Å². The van der Waals surface area contributed by atoms with Crippen LogP contribution in [-0.2, 0) is 6.54 Å². The molecule has 0 saturated carbocycles. The van der Waals surface area contributed by atoms with Crippen LogP contribution in [0.2, 0.25) is 0 Å². The van der Waals surface area contributed by atoms with Crippen LogP contribution in [0, 0.1) is 6.92 Å². The summed E-state index contributed by atoms with van der Waals surface area (Å²) in [4.78, 5) is 12.9. The molecule has 0 aliphatic carbocycles. The van der Waals surface area contributed by atoms with Gasteiger partial charge < -0.3 is 19.7 Å². The molecule has 0 amide bonds. The number of aliphatic hydroxyl groups excluding tert-OH is 1. The second kappa shape index (κ2) is 9.87. The molecule has 0 atom stereocenters. The molecular weight excluding hydrogens is 455 g/mol. The Morgan fingerprint density at radius 2 is 1.91 bits per heavy atom. The van der Waals surface area contributed by atoms with Crippen LogP contribution in [0.4, 0.5) is 19.0 Å². The fourth-order valence-corrected chi connectivity index (χ4v) is 3.04. The van der Waals surface area contributed by atoms with E-state index in [-0.39, 0.29) is 29.9 Å². The lowest BCUT2D eigenvalue weighted by Gasteiger charge is -2.08. The van der Waals surface area contributed by atoms with Gasteiger partial charge in [0.2, 0.25) is 11.6 Å². The van der Waals surface area contributed by atoms with Crippen molar-refractivity contribution in [1.82, 2.24) is 29.9 Å². The number of nitrogens with zero attached hydrogens (tertiary/aromatic N) is 6. The Labute approximate surface area is 191 Å². The molecule has 4 rings (SSSR count). The number of halogens is 3. The van der Waals surface area contributed by atoms with Gasteiger partial charge in [-0.3, -0.25) is 0 Å². The predicted octanol–water partition coefficient (Wildman–Crippen LogP) is 3.44. The number of ether oxygens (including phenoxy) is 1. The van der Waals surface area contributed by atoms with E-state index in [0.717, 1.165) is 17.7 Å². The van der Waals surface area contributed by atoms with Crippen molar-refractivity contribution in [3.05, 3.63) is 54.0 Å². The molecule has 0 aliphatic rings. The average molecular weight is 475 g/mol. The number of hydrogen-bond donors (Lipinski definition) is 2. The first-order chi connectivity index (χ1) is 16.3. The highest BCUT2D eigenvalue weighted by atomic mass is 19.4. The lowest BCUT2D eigenvalue weighted by atomic mass is 10.2. The number of nitrogens with one attached hydrogen (secondary N) is 1. The zero-order valence-electron chi connectivity index (χ0n) is 18.0. The fraction of sp³-hybridized carbons (Fsp3) is 0.286. The topological polar surface area (TPSA) is 124 Å². The third-order valence-corrected chi connectivity index (χ3v) is 4.62. The van der Waals surface area contributed by atoms with E-state index in [1.165, 1.54) is 12.1 Å². The first-order valence-electron chi connectivity index (χ1n) is 10.2. The maximum absolute atomic E-state index is 12.3. The molecule has 0 saturated heterocycles. The molecule has 13 heteroatoms. The van der Waals surface area contributed by atoms with Crippen molar-refractivity contribution in [3.8, 4) is 28.9 Å². The molecule has 0 spiro atoms. The highest BCUT2D eigenvalue weighted by molar-refractivity contribution is 5.57. The number of aromatic nitrogens is 6. The number of rotatable bonds is 9. The normalized spacial score (nSPS) is 11.6. The summed E-state index contributed by atoms with van der Waals surface area (Å²) in [5.74, 6) is 1.44. The summed E-state index contributed by atoms with van der Waals surface area (Å²) in [7, 11) is 0. The van der Waals surface area contributed by atoms with Crippen molar-refractivity contribution in [2.75, 3.05) is 18.5 Å². The first kappa shape index (κ1) is 23.2. The van der Waals surface area contributed by atoms with Crippen LogP contribution < -0.4 is 10.1 Å². The van der Waals surface area contributed by atoms with Crippen LogP contribution in [-0.4, -0.2) is 54.5 Å². The third kappa shape index (κ3) is 5.86. The van der Waals surface area contributed by atoms with E-state index in [9.17, 15) is 13.2 Å².